The van der Waals surface area contributed by atoms with Crippen LogP contribution in [0, 0.1) is 11.8 Å². The van der Waals surface area contributed by atoms with Gasteiger partial charge in [-0.1, -0.05) is 12.2 Å². The number of carbonyl (C=O) groups excluding carboxylic acids is 2. The molecule has 0 bridgehead atoms. The quantitative estimate of drug-likeness (QED) is 0.694. The van der Waals surface area contributed by atoms with Crippen molar-refractivity contribution in [2.75, 3.05) is 26.2 Å². The van der Waals surface area contributed by atoms with Gasteiger partial charge in [-0.3, -0.25) is 9.59 Å². The van der Waals surface area contributed by atoms with Crippen LogP contribution in [0.2, 0.25) is 0 Å². The molecule has 0 unspecified atom stereocenters. The maximum absolute atomic E-state index is 12.4. The van der Waals surface area contributed by atoms with Crippen molar-refractivity contribution < 1.29 is 14.3 Å². The van der Waals surface area contributed by atoms with Crippen LogP contribution >= 0.6 is 0 Å². The SMILES string of the molecule is O=C1NCCO[C@@H]2CN(C(=O)C3CC=CC3)CC[C@H]12. The summed E-state index contributed by atoms with van der Waals surface area (Å²) in [5.74, 6) is 0.318. The van der Waals surface area contributed by atoms with Gasteiger partial charge >= 0.3 is 0 Å². The number of hydrogen-bond acceptors (Lipinski definition) is 3. The van der Waals surface area contributed by atoms with E-state index in [4.69, 9.17) is 4.74 Å². The molecule has 2 aliphatic heterocycles. The van der Waals surface area contributed by atoms with Crippen LogP contribution in [0.4, 0.5) is 0 Å². The second-order valence-corrected chi connectivity index (χ2v) is 5.52. The lowest BCUT2D eigenvalue weighted by molar-refractivity contribution is -0.144. The lowest BCUT2D eigenvalue weighted by Gasteiger charge is -2.37. The smallest absolute Gasteiger partial charge is 0.226 e. The minimum atomic E-state index is -0.130. The minimum Gasteiger partial charge on any atom is -0.374 e. The van der Waals surface area contributed by atoms with Crippen LogP contribution in [0.5, 0.6) is 0 Å². The van der Waals surface area contributed by atoms with E-state index >= 15 is 0 Å². The van der Waals surface area contributed by atoms with Gasteiger partial charge < -0.3 is 15.0 Å². The molecule has 0 aromatic carbocycles. The average molecular weight is 264 g/mol. The van der Waals surface area contributed by atoms with E-state index in [2.05, 4.69) is 17.5 Å². The molecule has 19 heavy (non-hydrogen) atoms. The van der Waals surface area contributed by atoms with E-state index in [0.717, 1.165) is 12.8 Å². The molecule has 0 aromatic rings. The molecular weight excluding hydrogens is 244 g/mol. The van der Waals surface area contributed by atoms with Crippen molar-refractivity contribution in [1.82, 2.24) is 10.2 Å². The number of piperidine rings is 1. The van der Waals surface area contributed by atoms with Gasteiger partial charge in [0.15, 0.2) is 0 Å². The van der Waals surface area contributed by atoms with Gasteiger partial charge in [0.05, 0.1) is 18.6 Å². The topological polar surface area (TPSA) is 58.6 Å². The van der Waals surface area contributed by atoms with Crippen molar-refractivity contribution in [3.63, 3.8) is 0 Å². The number of rotatable bonds is 1. The number of amides is 2. The highest BCUT2D eigenvalue weighted by Gasteiger charge is 2.39. The van der Waals surface area contributed by atoms with E-state index in [0.29, 0.717) is 32.7 Å². The third-order valence-electron chi connectivity index (χ3n) is 4.30. The largest absolute Gasteiger partial charge is 0.374 e. The van der Waals surface area contributed by atoms with Crippen LogP contribution in [-0.2, 0) is 14.3 Å². The summed E-state index contributed by atoms with van der Waals surface area (Å²) >= 11 is 0. The summed E-state index contributed by atoms with van der Waals surface area (Å²) in [5.41, 5.74) is 0. The summed E-state index contributed by atoms with van der Waals surface area (Å²) in [6.07, 6.45) is 6.43. The van der Waals surface area contributed by atoms with Crippen molar-refractivity contribution >= 4 is 11.8 Å². The second kappa shape index (κ2) is 5.33. The van der Waals surface area contributed by atoms with Crippen LogP contribution < -0.4 is 5.32 Å². The zero-order chi connectivity index (χ0) is 13.2. The van der Waals surface area contributed by atoms with E-state index in [1.165, 1.54) is 0 Å². The zero-order valence-electron chi connectivity index (χ0n) is 11.0. The molecule has 0 saturated carbocycles. The molecule has 2 fully saturated rings. The second-order valence-electron chi connectivity index (χ2n) is 5.52. The lowest BCUT2D eigenvalue weighted by Crippen LogP contribution is -2.51. The number of nitrogens with one attached hydrogen (secondary N) is 1. The Bertz CT molecular complexity index is 399. The van der Waals surface area contributed by atoms with Gasteiger partial charge in [0.1, 0.15) is 0 Å². The van der Waals surface area contributed by atoms with Crippen LogP contribution in [0.15, 0.2) is 12.2 Å². The van der Waals surface area contributed by atoms with Crippen molar-refractivity contribution in [3.8, 4) is 0 Å². The molecule has 0 radical (unpaired) electrons. The maximum atomic E-state index is 12.4. The Balaban J connectivity index is 1.64. The van der Waals surface area contributed by atoms with E-state index in [1.807, 2.05) is 4.90 Å². The summed E-state index contributed by atoms with van der Waals surface area (Å²) in [5, 5.41) is 2.87. The highest BCUT2D eigenvalue weighted by Crippen LogP contribution is 2.26. The van der Waals surface area contributed by atoms with Gasteiger partial charge in [-0.05, 0) is 19.3 Å². The lowest BCUT2D eigenvalue weighted by atomic mass is 9.92. The third kappa shape index (κ3) is 2.52. The van der Waals surface area contributed by atoms with E-state index in [1.54, 1.807) is 0 Å². The molecule has 1 aliphatic carbocycles. The first-order valence-corrected chi connectivity index (χ1v) is 7.09. The summed E-state index contributed by atoms with van der Waals surface area (Å²) < 4.78 is 5.73. The minimum absolute atomic E-state index is 0.0807. The standard InChI is InChI=1S/C14H20N2O3/c17-13-11-5-7-16(9-12(11)19-8-6-15-13)14(18)10-3-1-2-4-10/h1-2,10-12H,3-9H2,(H,15,17)/t11-,12+/m0/s1. The van der Waals surface area contributed by atoms with Crippen LogP contribution in [0.1, 0.15) is 19.3 Å². The molecule has 3 rings (SSSR count). The summed E-state index contributed by atoms with van der Waals surface area (Å²) in [6.45, 7) is 2.35. The maximum Gasteiger partial charge on any atom is 0.226 e. The predicted molar refractivity (Wildman–Crippen MR) is 69.3 cm³/mol. The molecule has 104 valence electrons. The summed E-state index contributed by atoms with van der Waals surface area (Å²) in [6, 6.07) is 0. The molecule has 3 aliphatic rings. The fourth-order valence-electron chi connectivity index (χ4n) is 3.18. The first kappa shape index (κ1) is 12.7. The van der Waals surface area contributed by atoms with Crippen LogP contribution in [0.3, 0.4) is 0 Å². The van der Waals surface area contributed by atoms with Gasteiger partial charge in [-0.15, -0.1) is 0 Å². The molecule has 2 atom stereocenters. The Hall–Kier alpha value is -1.36. The number of carbonyl (C=O) groups is 2. The molecule has 0 aromatic heterocycles. The van der Waals surface area contributed by atoms with Crippen molar-refractivity contribution in [3.05, 3.63) is 12.2 Å². The first-order chi connectivity index (χ1) is 9.25. The monoisotopic (exact) mass is 264 g/mol. The highest BCUT2D eigenvalue weighted by atomic mass is 16.5. The Morgan fingerprint density at radius 3 is 2.95 bits per heavy atom. The number of allylic oxidation sites excluding steroid dienone is 2. The Labute approximate surface area is 113 Å². The Morgan fingerprint density at radius 2 is 2.16 bits per heavy atom. The normalized spacial score (nSPS) is 31.8. The van der Waals surface area contributed by atoms with Gasteiger partial charge in [-0.25, -0.2) is 0 Å². The number of hydrogen-bond donors (Lipinski definition) is 1. The van der Waals surface area contributed by atoms with E-state index < -0.39 is 0 Å². The fraction of sp³-hybridized carbons (Fsp3) is 0.714. The fourth-order valence-corrected chi connectivity index (χ4v) is 3.18. The summed E-state index contributed by atoms with van der Waals surface area (Å²) in [7, 11) is 0. The van der Waals surface area contributed by atoms with Gasteiger partial charge in [-0.2, -0.15) is 0 Å². The zero-order valence-corrected chi connectivity index (χ0v) is 11.0. The summed E-state index contributed by atoms with van der Waals surface area (Å²) in [4.78, 5) is 26.1. The molecule has 5 heteroatoms. The van der Waals surface area contributed by atoms with E-state index in [-0.39, 0.29) is 29.8 Å². The molecule has 2 amide bonds. The molecule has 0 spiro atoms. The van der Waals surface area contributed by atoms with Crippen LogP contribution in [0.25, 0.3) is 0 Å². The Morgan fingerprint density at radius 1 is 1.37 bits per heavy atom. The average Bonchev–Trinajstić information content (AvgIpc) is 2.90. The van der Waals surface area contributed by atoms with Gasteiger partial charge in [0.2, 0.25) is 11.8 Å². The number of likely N-dealkylation sites (tertiary alicyclic amines) is 1. The molecule has 2 heterocycles. The molecular formula is C14H20N2O3. The predicted octanol–water partition coefficient (Wildman–Crippen LogP) is 0.316. The Kier molecular flexibility index (Phi) is 3.55. The van der Waals surface area contributed by atoms with Crippen molar-refractivity contribution in [2.24, 2.45) is 11.8 Å². The van der Waals surface area contributed by atoms with Crippen LogP contribution in [-0.4, -0.2) is 49.1 Å². The van der Waals surface area contributed by atoms with Crippen molar-refractivity contribution in [1.29, 1.82) is 0 Å². The number of nitrogens with zero attached hydrogens (tertiary/aromatic N) is 1. The van der Waals surface area contributed by atoms with E-state index in [9.17, 15) is 9.59 Å². The number of fused-ring (bicyclic) bond motifs is 1. The number of ether oxygens (including phenoxy) is 1. The molecule has 1 N–H and O–H groups in total. The highest BCUT2D eigenvalue weighted by molar-refractivity contribution is 5.82. The molecule has 2 saturated heterocycles. The first-order valence-electron chi connectivity index (χ1n) is 7.09. The van der Waals surface area contributed by atoms with Gasteiger partial charge in [0, 0.05) is 25.6 Å². The molecule has 5 nitrogen and oxygen atoms in total. The van der Waals surface area contributed by atoms with Crippen molar-refractivity contribution in [2.45, 2.75) is 25.4 Å². The third-order valence-corrected chi connectivity index (χ3v) is 4.30. The van der Waals surface area contributed by atoms with Gasteiger partial charge in [0.25, 0.3) is 0 Å².